The third kappa shape index (κ3) is 2.15. The zero-order valence-electron chi connectivity index (χ0n) is 8.73. The molecule has 1 fully saturated rings. The summed E-state index contributed by atoms with van der Waals surface area (Å²) in [5.74, 6) is -0.0566. The molecule has 80 valence electrons. The quantitative estimate of drug-likeness (QED) is 0.765. The number of amides is 1. The first-order valence-corrected chi connectivity index (χ1v) is 5.12. The van der Waals surface area contributed by atoms with Gasteiger partial charge in [0.2, 0.25) is 5.91 Å². The number of nitrogens with one attached hydrogen (secondary N) is 1. The average Bonchev–Trinajstić information content (AvgIpc) is 2.99. The van der Waals surface area contributed by atoms with Crippen LogP contribution in [0.15, 0.2) is 24.5 Å². The number of hydrogen-bond acceptors (Lipinski definition) is 3. The molecule has 4 nitrogen and oxygen atoms in total. The molecule has 0 saturated heterocycles. The molecule has 0 radical (unpaired) electrons. The molecule has 4 heteroatoms. The van der Waals surface area contributed by atoms with Crippen LogP contribution in [-0.4, -0.2) is 16.4 Å². The summed E-state index contributed by atoms with van der Waals surface area (Å²) in [5.41, 5.74) is 6.18. The summed E-state index contributed by atoms with van der Waals surface area (Å²) >= 11 is 0. The predicted molar refractivity (Wildman–Crippen MR) is 56.9 cm³/mol. The van der Waals surface area contributed by atoms with Crippen LogP contribution in [0.5, 0.6) is 0 Å². The van der Waals surface area contributed by atoms with Gasteiger partial charge < -0.3 is 11.1 Å². The van der Waals surface area contributed by atoms with E-state index in [9.17, 15) is 4.79 Å². The Morgan fingerprint density at radius 3 is 2.93 bits per heavy atom. The summed E-state index contributed by atoms with van der Waals surface area (Å²) in [5, 5.41) is 2.89. The fourth-order valence-electron chi connectivity index (χ4n) is 1.42. The van der Waals surface area contributed by atoms with Gasteiger partial charge in [-0.25, -0.2) is 0 Å². The van der Waals surface area contributed by atoms with Crippen LogP contribution in [0.4, 0.5) is 0 Å². The number of aromatic nitrogens is 1. The largest absolute Gasteiger partial charge is 0.348 e. The fourth-order valence-corrected chi connectivity index (χ4v) is 1.42. The highest BCUT2D eigenvalue weighted by atomic mass is 16.2. The monoisotopic (exact) mass is 205 g/mol. The van der Waals surface area contributed by atoms with Crippen molar-refractivity contribution >= 4 is 5.91 Å². The molecule has 1 aromatic rings. The van der Waals surface area contributed by atoms with E-state index in [1.54, 1.807) is 12.4 Å². The molecule has 15 heavy (non-hydrogen) atoms. The Labute approximate surface area is 88.9 Å². The zero-order chi connectivity index (χ0) is 10.9. The SMILES string of the molecule is CC(NC(=O)C1(N)CC1)c1cccnc1. The molecule has 3 N–H and O–H groups in total. The Morgan fingerprint density at radius 2 is 2.40 bits per heavy atom. The molecule has 0 aromatic carbocycles. The molecule has 0 bridgehead atoms. The second kappa shape index (κ2) is 3.62. The van der Waals surface area contributed by atoms with Crippen LogP contribution in [0.1, 0.15) is 31.4 Å². The number of hydrogen-bond donors (Lipinski definition) is 2. The minimum absolute atomic E-state index is 0.0350. The molecule has 1 amide bonds. The van der Waals surface area contributed by atoms with Crippen LogP contribution in [0, 0.1) is 0 Å². The fraction of sp³-hybridized carbons (Fsp3) is 0.455. The van der Waals surface area contributed by atoms with E-state index in [-0.39, 0.29) is 11.9 Å². The Hall–Kier alpha value is -1.42. The predicted octanol–water partition coefficient (Wildman–Crippen LogP) is 0.750. The Balaban J connectivity index is 1.98. The third-order valence-electron chi connectivity index (χ3n) is 2.77. The van der Waals surface area contributed by atoms with Crippen molar-refractivity contribution in [3.05, 3.63) is 30.1 Å². The van der Waals surface area contributed by atoms with Crippen LogP contribution in [-0.2, 0) is 4.79 Å². The summed E-state index contributed by atoms with van der Waals surface area (Å²) in [6.45, 7) is 1.93. The lowest BCUT2D eigenvalue weighted by Gasteiger charge is -2.16. The van der Waals surface area contributed by atoms with Gasteiger partial charge in [-0.3, -0.25) is 9.78 Å². The number of carbonyl (C=O) groups is 1. The van der Waals surface area contributed by atoms with Crippen LogP contribution >= 0.6 is 0 Å². The van der Waals surface area contributed by atoms with Gasteiger partial charge in [-0.15, -0.1) is 0 Å². The van der Waals surface area contributed by atoms with Crippen molar-refractivity contribution in [2.45, 2.75) is 31.3 Å². The number of rotatable bonds is 3. The summed E-state index contributed by atoms with van der Waals surface area (Å²) in [6.07, 6.45) is 5.04. The Kier molecular flexibility index (Phi) is 2.44. The van der Waals surface area contributed by atoms with Crippen LogP contribution < -0.4 is 11.1 Å². The summed E-state index contributed by atoms with van der Waals surface area (Å²) in [6, 6.07) is 3.76. The van der Waals surface area contributed by atoms with Crippen LogP contribution in [0.2, 0.25) is 0 Å². The van der Waals surface area contributed by atoms with Crippen LogP contribution in [0.25, 0.3) is 0 Å². The lowest BCUT2D eigenvalue weighted by Crippen LogP contribution is -2.43. The van der Waals surface area contributed by atoms with Crippen molar-refractivity contribution in [2.75, 3.05) is 0 Å². The van der Waals surface area contributed by atoms with Gasteiger partial charge in [0, 0.05) is 12.4 Å². The first-order chi connectivity index (χ1) is 7.12. The molecule has 0 aliphatic heterocycles. The molecule has 1 heterocycles. The van der Waals surface area contributed by atoms with E-state index in [4.69, 9.17) is 5.73 Å². The van der Waals surface area contributed by atoms with Crippen LogP contribution in [0.3, 0.4) is 0 Å². The van der Waals surface area contributed by atoms with E-state index in [2.05, 4.69) is 10.3 Å². The molecular formula is C11H15N3O. The smallest absolute Gasteiger partial charge is 0.240 e. The van der Waals surface area contributed by atoms with Crippen molar-refractivity contribution in [3.63, 3.8) is 0 Å². The molecule has 1 atom stereocenters. The number of carbonyl (C=O) groups excluding carboxylic acids is 1. The van der Waals surface area contributed by atoms with E-state index < -0.39 is 5.54 Å². The number of nitrogens with two attached hydrogens (primary N) is 1. The maximum atomic E-state index is 11.7. The summed E-state index contributed by atoms with van der Waals surface area (Å²) < 4.78 is 0. The van der Waals surface area contributed by atoms with Gasteiger partial charge in [0.25, 0.3) is 0 Å². The highest BCUT2D eigenvalue weighted by Gasteiger charge is 2.46. The van der Waals surface area contributed by atoms with Crippen molar-refractivity contribution in [3.8, 4) is 0 Å². The highest BCUT2D eigenvalue weighted by molar-refractivity contribution is 5.89. The van der Waals surface area contributed by atoms with Crippen molar-refractivity contribution in [1.82, 2.24) is 10.3 Å². The second-order valence-corrected chi connectivity index (χ2v) is 4.14. The maximum Gasteiger partial charge on any atom is 0.240 e. The third-order valence-corrected chi connectivity index (χ3v) is 2.77. The van der Waals surface area contributed by atoms with E-state index in [0.29, 0.717) is 0 Å². The summed E-state index contributed by atoms with van der Waals surface area (Å²) in [7, 11) is 0. The summed E-state index contributed by atoms with van der Waals surface area (Å²) in [4.78, 5) is 15.7. The molecule has 1 aliphatic carbocycles. The number of nitrogens with zero attached hydrogens (tertiary/aromatic N) is 1. The lowest BCUT2D eigenvalue weighted by molar-refractivity contribution is -0.123. The van der Waals surface area contributed by atoms with Gasteiger partial charge in [-0.1, -0.05) is 6.07 Å². The van der Waals surface area contributed by atoms with Gasteiger partial charge in [0.15, 0.2) is 0 Å². The average molecular weight is 205 g/mol. The maximum absolute atomic E-state index is 11.7. The van der Waals surface area contributed by atoms with Gasteiger partial charge >= 0.3 is 0 Å². The lowest BCUT2D eigenvalue weighted by atomic mass is 10.1. The van der Waals surface area contributed by atoms with Gasteiger partial charge in [-0.05, 0) is 31.4 Å². The first kappa shape index (κ1) is 10.1. The molecular weight excluding hydrogens is 190 g/mol. The molecule has 1 unspecified atom stereocenters. The second-order valence-electron chi connectivity index (χ2n) is 4.14. The highest BCUT2D eigenvalue weighted by Crippen LogP contribution is 2.32. The molecule has 1 saturated carbocycles. The minimum atomic E-state index is -0.601. The normalized spacial score (nSPS) is 19.3. The molecule has 0 spiro atoms. The Morgan fingerprint density at radius 1 is 1.67 bits per heavy atom. The first-order valence-electron chi connectivity index (χ1n) is 5.12. The number of pyridine rings is 1. The van der Waals surface area contributed by atoms with Gasteiger partial charge in [-0.2, -0.15) is 0 Å². The molecule has 2 rings (SSSR count). The van der Waals surface area contributed by atoms with Gasteiger partial charge in [0.1, 0.15) is 0 Å². The van der Waals surface area contributed by atoms with Crippen molar-refractivity contribution < 1.29 is 4.79 Å². The standard InChI is InChI=1S/C11H15N3O/c1-8(9-3-2-6-13-7-9)14-10(15)11(12)4-5-11/h2-3,6-8H,4-5,12H2,1H3,(H,14,15). The van der Waals surface area contributed by atoms with E-state index in [1.807, 2.05) is 19.1 Å². The van der Waals surface area contributed by atoms with Crippen molar-refractivity contribution in [2.24, 2.45) is 5.73 Å². The molecule has 1 aliphatic rings. The van der Waals surface area contributed by atoms with E-state index in [0.717, 1.165) is 18.4 Å². The van der Waals surface area contributed by atoms with E-state index in [1.165, 1.54) is 0 Å². The van der Waals surface area contributed by atoms with Crippen molar-refractivity contribution in [1.29, 1.82) is 0 Å². The Bertz CT molecular complexity index is 359. The zero-order valence-corrected chi connectivity index (χ0v) is 8.73. The molecule has 1 aromatic heterocycles. The minimum Gasteiger partial charge on any atom is -0.348 e. The van der Waals surface area contributed by atoms with E-state index >= 15 is 0 Å². The van der Waals surface area contributed by atoms with Gasteiger partial charge in [0.05, 0.1) is 11.6 Å². The topological polar surface area (TPSA) is 68.0 Å².